The van der Waals surface area contributed by atoms with Gasteiger partial charge in [-0.05, 0) is 13.3 Å². The quantitative estimate of drug-likeness (QED) is 0.429. The van der Waals surface area contributed by atoms with Crippen LogP contribution in [-0.2, 0) is 0 Å². The van der Waals surface area contributed by atoms with Crippen LogP contribution in [0, 0.1) is 0 Å². The Balaban J connectivity index is 2.83. The van der Waals surface area contributed by atoms with Crippen LogP contribution in [0.1, 0.15) is 0 Å². The maximum atomic E-state index is 3.59. The second kappa shape index (κ2) is 2.41. The van der Waals surface area contributed by atoms with Crippen LogP contribution in [0.15, 0.2) is 12.4 Å². The molecule has 0 aliphatic rings. The van der Waals surface area contributed by atoms with E-state index in [1.165, 1.54) is 0 Å². The highest BCUT2D eigenvalue weighted by molar-refractivity contribution is 7.59. The molecule has 0 aromatic carbocycles. The van der Waals surface area contributed by atoms with Crippen LogP contribution >= 0.6 is 7.92 Å². The molecule has 0 unspecified atom stereocenters. The van der Waals surface area contributed by atoms with Gasteiger partial charge in [0, 0.05) is 0 Å². The van der Waals surface area contributed by atoms with Gasteiger partial charge in [-0.15, -0.1) is 0 Å². The van der Waals surface area contributed by atoms with Gasteiger partial charge < -0.3 is 0 Å². The smallest absolute Gasteiger partial charge is 0.0412 e. The predicted molar refractivity (Wildman–Crippen MR) is 29.0 cm³/mol. The molecule has 5 heavy (non-hydrogen) atoms. The second-order valence-electron chi connectivity index (χ2n) is 1.15. The van der Waals surface area contributed by atoms with Crippen molar-refractivity contribution in [2.45, 2.75) is 0 Å². The van der Waals surface area contributed by atoms with E-state index in [0.717, 1.165) is 0 Å². The van der Waals surface area contributed by atoms with Gasteiger partial charge in [0.2, 0.25) is 0 Å². The van der Waals surface area contributed by atoms with E-state index in [4.69, 9.17) is 0 Å². The van der Waals surface area contributed by atoms with Crippen LogP contribution in [0.2, 0.25) is 0 Å². The summed E-state index contributed by atoms with van der Waals surface area (Å²) < 4.78 is 0. The van der Waals surface area contributed by atoms with E-state index in [2.05, 4.69) is 19.9 Å². The highest BCUT2D eigenvalue weighted by Gasteiger charge is 1.72. The van der Waals surface area contributed by atoms with Crippen LogP contribution in [0.5, 0.6) is 0 Å². The summed E-state index contributed by atoms with van der Waals surface area (Å²) >= 11 is 0. The van der Waals surface area contributed by atoms with E-state index >= 15 is 0 Å². The van der Waals surface area contributed by atoms with Crippen LogP contribution in [0.3, 0.4) is 0 Å². The van der Waals surface area contributed by atoms with Crippen molar-refractivity contribution < 1.29 is 0 Å². The zero-order chi connectivity index (χ0) is 4.28. The molecule has 0 amide bonds. The summed E-state index contributed by atoms with van der Waals surface area (Å²) in [7, 11) is 0.166. The fourth-order valence-electron chi connectivity index (χ4n) is 0. The monoisotopic (exact) mass is 88.0 g/mol. The van der Waals surface area contributed by atoms with Crippen molar-refractivity contribution in [1.82, 2.24) is 0 Å². The van der Waals surface area contributed by atoms with E-state index < -0.39 is 0 Å². The molecular formula is C4H9P. The molecule has 0 heterocycles. The van der Waals surface area contributed by atoms with E-state index in [1.807, 2.05) is 5.82 Å². The summed E-state index contributed by atoms with van der Waals surface area (Å²) in [6.07, 6.45) is 0. The van der Waals surface area contributed by atoms with Crippen molar-refractivity contribution >= 4 is 7.92 Å². The molecule has 30 valence electrons. The van der Waals surface area contributed by atoms with Gasteiger partial charge >= 0.3 is 0 Å². The van der Waals surface area contributed by atoms with Gasteiger partial charge in [0.1, 0.15) is 0 Å². The van der Waals surface area contributed by atoms with Crippen molar-refractivity contribution in [2.75, 3.05) is 13.3 Å². The first-order chi connectivity index (χ1) is 2.27. The van der Waals surface area contributed by atoms with Crippen LogP contribution < -0.4 is 0 Å². The second-order valence-corrected chi connectivity index (χ2v) is 3.44. The Morgan fingerprint density at radius 2 is 1.80 bits per heavy atom. The minimum Gasteiger partial charge on any atom is -0.0986 e. The molecule has 0 fully saturated rings. The molecular weight excluding hydrogens is 79.0 g/mol. The van der Waals surface area contributed by atoms with Crippen molar-refractivity contribution in [3.8, 4) is 0 Å². The fraction of sp³-hybridized carbons (Fsp3) is 0.500. The van der Waals surface area contributed by atoms with Gasteiger partial charge in [-0.2, -0.15) is 0 Å². The van der Waals surface area contributed by atoms with E-state index in [-0.39, 0.29) is 7.92 Å². The van der Waals surface area contributed by atoms with Gasteiger partial charge in [-0.1, -0.05) is 20.3 Å². The lowest BCUT2D eigenvalue weighted by molar-refractivity contribution is 2.20. The molecule has 0 aliphatic heterocycles. The zero-order valence-corrected chi connectivity index (χ0v) is 4.63. The zero-order valence-electron chi connectivity index (χ0n) is 3.73. The van der Waals surface area contributed by atoms with Crippen LogP contribution in [0.4, 0.5) is 0 Å². The molecule has 0 saturated carbocycles. The molecule has 0 aromatic heterocycles. The topological polar surface area (TPSA) is 0 Å². The molecule has 0 saturated heterocycles. The lowest BCUT2D eigenvalue weighted by Gasteiger charge is -1.86. The molecule has 0 nitrogen and oxygen atoms in total. The first-order valence-corrected chi connectivity index (χ1v) is 3.87. The molecule has 0 N–H and O–H groups in total. The highest BCUT2D eigenvalue weighted by Crippen LogP contribution is 2.23. The first kappa shape index (κ1) is 5.17. The van der Waals surface area contributed by atoms with Crippen LogP contribution in [-0.4, -0.2) is 13.3 Å². The summed E-state index contributed by atoms with van der Waals surface area (Å²) in [5, 5.41) is 0. The van der Waals surface area contributed by atoms with E-state index in [9.17, 15) is 0 Å². The normalized spacial score (nSPS) is 8.60. The number of hydrogen-bond acceptors (Lipinski definition) is 0. The van der Waals surface area contributed by atoms with Gasteiger partial charge in [0.25, 0.3) is 0 Å². The molecule has 0 spiro atoms. The molecule has 0 rings (SSSR count). The Labute approximate surface area is 34.6 Å². The molecule has 0 aromatic rings. The minimum absolute atomic E-state index is 0.166. The molecule has 0 atom stereocenters. The molecule has 0 radical (unpaired) electrons. The van der Waals surface area contributed by atoms with Crippen molar-refractivity contribution in [2.24, 2.45) is 0 Å². The SMILES string of the molecule is C=CP(C)C. The largest absolute Gasteiger partial charge is 0.0986 e. The third-order valence-corrected chi connectivity index (χ3v) is 1.10. The standard InChI is InChI=1S/C4H9P/c1-4-5(2)3/h4H,1H2,2-3H3. The minimum atomic E-state index is 0.166. The summed E-state index contributed by atoms with van der Waals surface area (Å²) in [5.74, 6) is 1.98. The number of rotatable bonds is 1. The van der Waals surface area contributed by atoms with E-state index in [0.29, 0.717) is 0 Å². The van der Waals surface area contributed by atoms with Gasteiger partial charge in [0.15, 0.2) is 0 Å². The molecule has 1 heteroatoms. The van der Waals surface area contributed by atoms with Gasteiger partial charge in [-0.3, -0.25) is 0 Å². The Kier molecular flexibility index (Phi) is 2.49. The third kappa shape index (κ3) is 4.17. The average Bonchev–Trinajstić information content (AvgIpc) is 1.38. The Morgan fingerprint density at radius 1 is 1.60 bits per heavy atom. The Morgan fingerprint density at radius 3 is 1.80 bits per heavy atom. The number of hydrogen-bond donors (Lipinski definition) is 0. The van der Waals surface area contributed by atoms with Crippen LogP contribution in [0.25, 0.3) is 0 Å². The predicted octanol–water partition coefficient (Wildman–Crippen LogP) is 1.87. The molecule has 0 bridgehead atoms. The van der Waals surface area contributed by atoms with Crippen molar-refractivity contribution in [1.29, 1.82) is 0 Å². The lowest BCUT2D eigenvalue weighted by atomic mass is 11.3. The Hall–Kier alpha value is 0.170. The van der Waals surface area contributed by atoms with Gasteiger partial charge in [-0.25, -0.2) is 0 Å². The average molecular weight is 88.1 g/mol. The van der Waals surface area contributed by atoms with Gasteiger partial charge in [0.05, 0.1) is 0 Å². The fourth-order valence-corrected chi connectivity index (χ4v) is 0. The first-order valence-electron chi connectivity index (χ1n) is 1.56. The Bertz CT molecular complexity index is 30.6. The lowest BCUT2D eigenvalue weighted by Crippen LogP contribution is -1.47. The van der Waals surface area contributed by atoms with Crippen molar-refractivity contribution in [3.05, 3.63) is 12.4 Å². The molecule has 0 aliphatic carbocycles. The summed E-state index contributed by atoms with van der Waals surface area (Å²) in [6.45, 7) is 7.93. The third-order valence-electron chi connectivity index (χ3n) is 0.365. The maximum absolute atomic E-state index is 3.59. The van der Waals surface area contributed by atoms with E-state index in [1.54, 1.807) is 0 Å². The summed E-state index contributed by atoms with van der Waals surface area (Å²) in [4.78, 5) is 0. The highest BCUT2D eigenvalue weighted by atomic mass is 31.1. The maximum Gasteiger partial charge on any atom is -0.0412 e. The summed E-state index contributed by atoms with van der Waals surface area (Å²) in [5.41, 5.74) is 0. The van der Waals surface area contributed by atoms with Crippen molar-refractivity contribution in [3.63, 3.8) is 0 Å². The summed E-state index contributed by atoms with van der Waals surface area (Å²) in [6, 6.07) is 0.